The number of fused-ring (bicyclic) bond motifs is 1. The zero-order valence-corrected chi connectivity index (χ0v) is 12.1. The summed E-state index contributed by atoms with van der Waals surface area (Å²) in [5.41, 5.74) is 1.52. The lowest BCUT2D eigenvalue weighted by Gasteiger charge is -2.32. The molecule has 0 aromatic heterocycles. The molecule has 4 nitrogen and oxygen atoms in total. The maximum Gasteiger partial charge on any atom is 0.416 e. The second-order valence-electron chi connectivity index (χ2n) is 5.88. The third-order valence-electron chi connectivity index (χ3n) is 4.67. The van der Waals surface area contributed by atoms with Gasteiger partial charge in [-0.15, -0.1) is 0 Å². The van der Waals surface area contributed by atoms with Crippen LogP contribution in [0.5, 0.6) is 0 Å². The highest BCUT2D eigenvalue weighted by molar-refractivity contribution is 6.09. The number of hydrogen-bond donors (Lipinski definition) is 1. The van der Waals surface area contributed by atoms with Crippen LogP contribution in [0, 0.1) is 18.3 Å². The van der Waals surface area contributed by atoms with Crippen molar-refractivity contribution < 1.29 is 22.8 Å². The molecule has 1 heterocycles. The molecule has 1 N–H and O–H groups in total. The predicted octanol–water partition coefficient (Wildman–Crippen LogP) is 2.81. The molecule has 0 radical (unpaired) electrons. The molecule has 0 unspecified atom stereocenters. The fourth-order valence-corrected chi connectivity index (χ4v) is 3.06. The largest absolute Gasteiger partial charge is 0.416 e. The minimum Gasteiger partial charge on any atom is -0.273 e. The van der Waals surface area contributed by atoms with E-state index in [0.717, 1.165) is 17.1 Å². The summed E-state index contributed by atoms with van der Waals surface area (Å²) in [6, 6.07) is 3.16. The van der Waals surface area contributed by atoms with Crippen molar-refractivity contribution in [1.82, 2.24) is 5.43 Å². The van der Waals surface area contributed by atoms with E-state index < -0.39 is 23.1 Å². The van der Waals surface area contributed by atoms with Gasteiger partial charge in [0.05, 0.1) is 22.6 Å². The number of benzene rings is 1. The first-order valence-electron chi connectivity index (χ1n) is 7.03. The Hall–Kier alpha value is -2.05. The molecule has 7 heteroatoms. The van der Waals surface area contributed by atoms with Gasteiger partial charge < -0.3 is 0 Å². The molecule has 2 amide bonds. The number of carbonyl (C=O) groups is 2. The lowest BCUT2D eigenvalue weighted by Crippen LogP contribution is -2.55. The fourth-order valence-electron chi connectivity index (χ4n) is 3.06. The molecule has 118 valence electrons. The predicted molar refractivity (Wildman–Crippen MR) is 72.6 cm³/mol. The van der Waals surface area contributed by atoms with E-state index in [0.29, 0.717) is 18.4 Å². The monoisotopic (exact) mass is 312 g/mol. The minimum absolute atomic E-state index is 0.0739. The van der Waals surface area contributed by atoms with Gasteiger partial charge in [0.1, 0.15) is 0 Å². The third kappa shape index (κ3) is 1.99. The fraction of sp³-hybridized carbons (Fsp3) is 0.467. The van der Waals surface area contributed by atoms with Crippen LogP contribution in [-0.4, -0.2) is 11.8 Å². The van der Waals surface area contributed by atoms with Crippen molar-refractivity contribution >= 4 is 17.5 Å². The summed E-state index contributed by atoms with van der Waals surface area (Å²) in [4.78, 5) is 24.6. The maximum atomic E-state index is 12.9. The van der Waals surface area contributed by atoms with Crippen molar-refractivity contribution in [2.24, 2.45) is 11.3 Å². The summed E-state index contributed by atoms with van der Waals surface area (Å²) < 4.78 is 38.6. The molecular weight excluding hydrogens is 297 g/mol. The number of amides is 2. The van der Waals surface area contributed by atoms with E-state index in [1.54, 1.807) is 6.92 Å². The van der Waals surface area contributed by atoms with E-state index >= 15 is 0 Å². The first-order valence-corrected chi connectivity index (χ1v) is 7.03. The molecule has 0 bridgehead atoms. The Balaban J connectivity index is 1.99. The Kier molecular flexibility index (Phi) is 3.02. The van der Waals surface area contributed by atoms with Crippen LogP contribution in [0.4, 0.5) is 18.9 Å². The molecule has 2 atom stereocenters. The zero-order chi connectivity index (χ0) is 16.3. The van der Waals surface area contributed by atoms with E-state index in [-0.39, 0.29) is 17.5 Å². The number of carbonyl (C=O) groups excluding carboxylic acids is 2. The Labute approximate surface area is 125 Å². The van der Waals surface area contributed by atoms with Crippen LogP contribution in [0.25, 0.3) is 0 Å². The van der Waals surface area contributed by atoms with Crippen LogP contribution < -0.4 is 10.4 Å². The number of nitrogens with one attached hydrogen (secondary N) is 1. The highest BCUT2D eigenvalue weighted by Gasteiger charge is 2.66. The number of rotatable bonds is 2. The van der Waals surface area contributed by atoms with Crippen LogP contribution in [0.2, 0.25) is 0 Å². The summed E-state index contributed by atoms with van der Waals surface area (Å²) in [5, 5.41) is 0.971. The molecule has 1 aliphatic carbocycles. The average Bonchev–Trinajstić information content (AvgIpc) is 3.19. The van der Waals surface area contributed by atoms with Crippen molar-refractivity contribution in [3.63, 3.8) is 0 Å². The van der Waals surface area contributed by atoms with E-state index in [9.17, 15) is 22.8 Å². The Bertz CT molecular complexity index is 671. The molecule has 1 saturated carbocycles. The highest BCUT2D eigenvalue weighted by atomic mass is 19.4. The number of aryl methyl sites for hydroxylation is 1. The normalized spacial score (nSPS) is 27.5. The summed E-state index contributed by atoms with van der Waals surface area (Å²) in [7, 11) is 0. The molecule has 22 heavy (non-hydrogen) atoms. The third-order valence-corrected chi connectivity index (χ3v) is 4.67. The van der Waals surface area contributed by atoms with Gasteiger partial charge in [0, 0.05) is 0 Å². The van der Waals surface area contributed by atoms with Gasteiger partial charge in [-0.05, 0) is 37.5 Å². The molecule has 1 aliphatic heterocycles. The van der Waals surface area contributed by atoms with E-state index in [2.05, 4.69) is 5.43 Å². The van der Waals surface area contributed by atoms with E-state index in [1.165, 1.54) is 6.07 Å². The average molecular weight is 312 g/mol. The van der Waals surface area contributed by atoms with Gasteiger partial charge in [-0.2, -0.15) is 13.2 Å². The molecule has 1 saturated heterocycles. The van der Waals surface area contributed by atoms with Gasteiger partial charge >= 0.3 is 6.18 Å². The topological polar surface area (TPSA) is 49.4 Å². The summed E-state index contributed by atoms with van der Waals surface area (Å²) in [5.74, 6) is -1.07. The number of hydrogen-bond acceptors (Lipinski definition) is 2. The van der Waals surface area contributed by atoms with Crippen LogP contribution in [0.15, 0.2) is 18.2 Å². The lowest BCUT2D eigenvalue weighted by atomic mass is 9.97. The Morgan fingerprint density at radius 3 is 2.64 bits per heavy atom. The van der Waals surface area contributed by atoms with Gasteiger partial charge in [0.25, 0.3) is 0 Å². The maximum absolute atomic E-state index is 12.9. The second kappa shape index (κ2) is 4.47. The number of halogens is 3. The van der Waals surface area contributed by atoms with Crippen molar-refractivity contribution in [3.8, 4) is 0 Å². The molecule has 0 spiro atoms. The molecule has 1 aromatic rings. The highest BCUT2D eigenvalue weighted by Crippen LogP contribution is 2.58. The minimum atomic E-state index is -4.50. The van der Waals surface area contributed by atoms with Crippen molar-refractivity contribution in [2.75, 3.05) is 5.01 Å². The molecule has 1 aromatic carbocycles. The number of alkyl halides is 3. The molecular formula is C15H15F3N2O2. The first kappa shape index (κ1) is 14.9. The zero-order valence-electron chi connectivity index (χ0n) is 12.1. The number of anilines is 1. The first-order chi connectivity index (χ1) is 10.2. The number of hydrazine groups is 1. The number of nitrogens with zero attached hydrogens (tertiary/aromatic N) is 1. The van der Waals surface area contributed by atoms with Crippen LogP contribution in [-0.2, 0) is 15.8 Å². The quantitative estimate of drug-likeness (QED) is 0.913. The van der Waals surface area contributed by atoms with Gasteiger partial charge in [0.15, 0.2) is 0 Å². The van der Waals surface area contributed by atoms with Gasteiger partial charge in [0.2, 0.25) is 11.8 Å². The molecule has 2 aliphatic rings. The smallest absolute Gasteiger partial charge is 0.273 e. The molecule has 2 fully saturated rings. The lowest BCUT2D eigenvalue weighted by molar-refractivity contribution is -0.137. The van der Waals surface area contributed by atoms with E-state index in [1.807, 2.05) is 6.92 Å². The van der Waals surface area contributed by atoms with Crippen LogP contribution in [0.3, 0.4) is 0 Å². The van der Waals surface area contributed by atoms with Crippen molar-refractivity contribution in [1.29, 1.82) is 0 Å². The van der Waals surface area contributed by atoms with Crippen LogP contribution in [0.1, 0.15) is 30.9 Å². The van der Waals surface area contributed by atoms with Gasteiger partial charge in [-0.3, -0.25) is 15.0 Å². The SMILES string of the molecule is CC[C@]12C[C@H]1C(=O)N(c1cc(C(F)(F)F)ccc1C)NC2=O. The van der Waals surface area contributed by atoms with Crippen molar-refractivity contribution in [2.45, 2.75) is 32.9 Å². The Morgan fingerprint density at radius 1 is 1.36 bits per heavy atom. The summed E-state index contributed by atoms with van der Waals surface area (Å²) >= 11 is 0. The second-order valence-corrected chi connectivity index (χ2v) is 5.88. The standard InChI is InChI=1S/C15H15F3N2O2/c1-3-14-7-10(14)12(21)20(19-13(14)22)11-6-9(15(16,17)18)5-4-8(11)2/h4-6,10H,3,7H2,1-2H3,(H,19,22)/t10-,14-/m0/s1. The van der Waals surface area contributed by atoms with E-state index in [4.69, 9.17) is 0 Å². The van der Waals surface area contributed by atoms with Gasteiger partial charge in [-0.25, -0.2) is 5.01 Å². The molecule has 3 rings (SSSR count). The summed E-state index contributed by atoms with van der Waals surface area (Å²) in [6.45, 7) is 3.43. The summed E-state index contributed by atoms with van der Waals surface area (Å²) in [6.07, 6.45) is -3.49. The van der Waals surface area contributed by atoms with Crippen molar-refractivity contribution in [3.05, 3.63) is 29.3 Å². The Morgan fingerprint density at radius 2 is 2.05 bits per heavy atom. The van der Waals surface area contributed by atoms with Crippen LogP contribution >= 0.6 is 0 Å². The van der Waals surface area contributed by atoms with Gasteiger partial charge in [-0.1, -0.05) is 13.0 Å².